The molecule has 0 saturated heterocycles. The van der Waals surface area contributed by atoms with Crippen LogP contribution in [0.4, 0.5) is 0 Å². The Hall–Kier alpha value is -1.39. The van der Waals surface area contributed by atoms with E-state index in [9.17, 15) is 4.79 Å². The Morgan fingerprint density at radius 2 is 2.24 bits per heavy atom. The maximum absolute atomic E-state index is 11.4. The van der Waals surface area contributed by atoms with Crippen LogP contribution in [-0.2, 0) is 22.4 Å². The third-order valence-electron chi connectivity index (χ3n) is 4.03. The Bertz CT molecular complexity index is 459. The Balaban J connectivity index is 1.78. The average Bonchev–Trinajstić information content (AvgIpc) is 2.51. The summed E-state index contributed by atoms with van der Waals surface area (Å²) in [6.07, 6.45) is 4.70. The van der Waals surface area contributed by atoms with Crippen molar-refractivity contribution >= 4 is 5.78 Å². The first kappa shape index (κ1) is 16.0. The monoisotopic (exact) mass is 291 g/mol. The van der Waals surface area contributed by atoms with Crippen LogP contribution in [0, 0.1) is 0 Å². The van der Waals surface area contributed by atoms with Crippen molar-refractivity contribution in [3.8, 4) is 5.75 Å². The third kappa shape index (κ3) is 4.55. The topological polar surface area (TPSA) is 47.6 Å². The molecule has 1 atom stereocenters. The lowest BCUT2D eigenvalue weighted by atomic mass is 9.87. The molecule has 2 rings (SSSR count). The van der Waals surface area contributed by atoms with Gasteiger partial charge in [-0.2, -0.15) is 0 Å². The van der Waals surface area contributed by atoms with Gasteiger partial charge in [0.1, 0.15) is 12.4 Å². The second-order valence-electron chi connectivity index (χ2n) is 5.57. The minimum absolute atomic E-state index is 0.176. The first-order valence-corrected chi connectivity index (χ1v) is 7.63. The van der Waals surface area contributed by atoms with E-state index in [0.29, 0.717) is 12.5 Å². The van der Waals surface area contributed by atoms with Crippen LogP contribution in [0.1, 0.15) is 30.4 Å². The summed E-state index contributed by atoms with van der Waals surface area (Å²) in [6.45, 7) is 1.11. The van der Waals surface area contributed by atoms with Gasteiger partial charge in [-0.15, -0.1) is 0 Å². The number of aryl methyl sites for hydroxylation is 1. The summed E-state index contributed by atoms with van der Waals surface area (Å²) < 4.78 is 10.3. The highest BCUT2D eigenvalue weighted by molar-refractivity contribution is 5.79. The number of benzene rings is 1. The Morgan fingerprint density at radius 1 is 1.38 bits per heavy atom. The predicted octanol–water partition coefficient (Wildman–Crippen LogP) is 2.14. The molecular weight excluding hydrogens is 266 g/mol. The fourth-order valence-corrected chi connectivity index (χ4v) is 2.95. The number of ether oxygens (including phenoxy) is 2. The van der Waals surface area contributed by atoms with Gasteiger partial charge in [-0.05, 0) is 49.4 Å². The summed E-state index contributed by atoms with van der Waals surface area (Å²) in [5.74, 6) is 1.17. The standard InChI is InChI=1S/C17H25NO3/c1-20-12-15(19)6-4-10-18-14-9-8-13-5-3-7-17(21-2)16(13)11-14/h3,5,7,14,18H,4,6,8-12H2,1-2H3. The molecule has 1 aromatic rings. The van der Waals surface area contributed by atoms with Crippen LogP contribution in [0.3, 0.4) is 0 Å². The van der Waals surface area contributed by atoms with Gasteiger partial charge < -0.3 is 14.8 Å². The highest BCUT2D eigenvalue weighted by atomic mass is 16.5. The maximum atomic E-state index is 11.4. The van der Waals surface area contributed by atoms with Crippen LogP contribution in [-0.4, -0.2) is 39.2 Å². The summed E-state index contributed by atoms with van der Waals surface area (Å²) in [5.41, 5.74) is 2.74. The summed E-state index contributed by atoms with van der Waals surface area (Å²) >= 11 is 0. The largest absolute Gasteiger partial charge is 0.496 e. The van der Waals surface area contributed by atoms with E-state index in [1.807, 2.05) is 6.07 Å². The third-order valence-corrected chi connectivity index (χ3v) is 4.03. The molecule has 1 aliphatic rings. The van der Waals surface area contributed by atoms with Gasteiger partial charge in [-0.1, -0.05) is 12.1 Å². The molecule has 4 heteroatoms. The lowest BCUT2D eigenvalue weighted by Crippen LogP contribution is -2.35. The molecule has 0 aromatic heterocycles. The Labute approximate surface area is 126 Å². The SMILES string of the molecule is COCC(=O)CCCNC1CCc2cccc(OC)c2C1. The van der Waals surface area contributed by atoms with Crippen molar-refractivity contribution in [1.82, 2.24) is 5.32 Å². The second kappa shape index (κ2) is 8.15. The van der Waals surface area contributed by atoms with Gasteiger partial charge in [0.05, 0.1) is 7.11 Å². The van der Waals surface area contributed by atoms with Crippen LogP contribution in [0.2, 0.25) is 0 Å². The molecule has 0 radical (unpaired) electrons. The average molecular weight is 291 g/mol. The molecule has 1 aromatic carbocycles. The van der Waals surface area contributed by atoms with Crippen LogP contribution < -0.4 is 10.1 Å². The van der Waals surface area contributed by atoms with Crippen molar-refractivity contribution in [2.24, 2.45) is 0 Å². The van der Waals surface area contributed by atoms with Crippen molar-refractivity contribution in [1.29, 1.82) is 0 Å². The molecule has 116 valence electrons. The highest BCUT2D eigenvalue weighted by Crippen LogP contribution is 2.29. The van der Waals surface area contributed by atoms with E-state index in [-0.39, 0.29) is 12.4 Å². The van der Waals surface area contributed by atoms with Crippen LogP contribution in [0.15, 0.2) is 18.2 Å². The number of ketones is 1. The summed E-state index contributed by atoms with van der Waals surface area (Å²) in [6, 6.07) is 6.76. The fraction of sp³-hybridized carbons (Fsp3) is 0.588. The molecule has 0 aliphatic heterocycles. The normalized spacial score (nSPS) is 17.3. The first-order valence-electron chi connectivity index (χ1n) is 7.63. The van der Waals surface area contributed by atoms with Crippen LogP contribution >= 0.6 is 0 Å². The van der Waals surface area contributed by atoms with Gasteiger partial charge in [0.15, 0.2) is 5.78 Å². The molecule has 0 heterocycles. The lowest BCUT2D eigenvalue weighted by molar-refractivity contribution is -0.122. The van der Waals surface area contributed by atoms with Gasteiger partial charge >= 0.3 is 0 Å². The van der Waals surface area contributed by atoms with E-state index >= 15 is 0 Å². The van der Waals surface area contributed by atoms with E-state index in [0.717, 1.165) is 38.0 Å². The molecule has 0 spiro atoms. The number of methoxy groups -OCH3 is 2. The molecular formula is C17H25NO3. The predicted molar refractivity (Wildman–Crippen MR) is 82.9 cm³/mol. The molecule has 0 saturated carbocycles. The zero-order chi connectivity index (χ0) is 15.1. The fourth-order valence-electron chi connectivity index (χ4n) is 2.95. The van der Waals surface area contributed by atoms with Gasteiger partial charge in [-0.3, -0.25) is 4.79 Å². The van der Waals surface area contributed by atoms with Gasteiger partial charge in [0.25, 0.3) is 0 Å². The van der Waals surface area contributed by atoms with E-state index < -0.39 is 0 Å². The molecule has 1 unspecified atom stereocenters. The highest BCUT2D eigenvalue weighted by Gasteiger charge is 2.20. The van der Waals surface area contributed by atoms with Crippen molar-refractivity contribution in [2.45, 2.75) is 38.1 Å². The van der Waals surface area contributed by atoms with Crippen LogP contribution in [0.5, 0.6) is 5.75 Å². The Morgan fingerprint density at radius 3 is 3.00 bits per heavy atom. The number of carbonyl (C=O) groups excluding carboxylic acids is 1. The molecule has 1 aliphatic carbocycles. The van der Waals surface area contributed by atoms with E-state index in [1.165, 1.54) is 11.1 Å². The minimum atomic E-state index is 0.176. The zero-order valence-electron chi connectivity index (χ0n) is 13.0. The number of hydrogen-bond donors (Lipinski definition) is 1. The second-order valence-corrected chi connectivity index (χ2v) is 5.57. The molecule has 0 fully saturated rings. The van der Waals surface area contributed by atoms with Gasteiger partial charge in [-0.25, -0.2) is 0 Å². The molecule has 0 amide bonds. The summed E-state index contributed by atoms with van der Waals surface area (Å²) in [4.78, 5) is 11.4. The van der Waals surface area contributed by atoms with E-state index in [4.69, 9.17) is 9.47 Å². The smallest absolute Gasteiger partial charge is 0.158 e. The number of nitrogens with one attached hydrogen (secondary N) is 1. The quantitative estimate of drug-likeness (QED) is 0.746. The van der Waals surface area contributed by atoms with Gasteiger partial charge in [0, 0.05) is 19.6 Å². The van der Waals surface area contributed by atoms with Crippen LogP contribution in [0.25, 0.3) is 0 Å². The van der Waals surface area contributed by atoms with Crippen molar-refractivity contribution in [3.05, 3.63) is 29.3 Å². The number of carbonyl (C=O) groups is 1. The molecule has 0 bridgehead atoms. The van der Waals surface area contributed by atoms with Crippen molar-refractivity contribution in [3.63, 3.8) is 0 Å². The molecule has 4 nitrogen and oxygen atoms in total. The van der Waals surface area contributed by atoms with E-state index in [1.54, 1.807) is 14.2 Å². The summed E-state index contributed by atoms with van der Waals surface area (Å²) in [7, 11) is 3.29. The molecule has 1 N–H and O–H groups in total. The maximum Gasteiger partial charge on any atom is 0.158 e. The number of hydrogen-bond acceptors (Lipinski definition) is 4. The molecule has 21 heavy (non-hydrogen) atoms. The van der Waals surface area contributed by atoms with Gasteiger partial charge in [0.2, 0.25) is 0 Å². The number of Topliss-reactive ketones (excluding diaryl/α,β-unsaturated/α-hetero) is 1. The summed E-state index contributed by atoms with van der Waals surface area (Å²) in [5, 5.41) is 3.56. The first-order chi connectivity index (χ1) is 10.2. The van der Waals surface area contributed by atoms with Crippen molar-refractivity contribution < 1.29 is 14.3 Å². The number of rotatable bonds is 8. The lowest BCUT2D eigenvalue weighted by Gasteiger charge is -2.27. The Kier molecular flexibility index (Phi) is 6.21. The number of fused-ring (bicyclic) bond motifs is 1. The minimum Gasteiger partial charge on any atom is -0.496 e. The zero-order valence-corrected chi connectivity index (χ0v) is 13.0. The van der Waals surface area contributed by atoms with E-state index in [2.05, 4.69) is 17.4 Å². The van der Waals surface area contributed by atoms with Crippen molar-refractivity contribution in [2.75, 3.05) is 27.4 Å².